The summed E-state index contributed by atoms with van der Waals surface area (Å²) in [5, 5.41) is 9.91. The summed E-state index contributed by atoms with van der Waals surface area (Å²) in [5.41, 5.74) is -5.99. The first-order valence-corrected chi connectivity index (χ1v) is 9.28. The van der Waals surface area contributed by atoms with E-state index < -0.39 is 38.1 Å². The summed E-state index contributed by atoms with van der Waals surface area (Å²) < 4.78 is 81.8. The van der Waals surface area contributed by atoms with Crippen LogP contribution in [0.3, 0.4) is 0 Å². The SMILES string of the molecule is CC1(C)CC(Oc2ccc(S(=O)(=O)C(F)(F)F)c3c2C[C@H](F)[C@H]3O)C1. The van der Waals surface area contributed by atoms with E-state index in [-0.39, 0.29) is 29.3 Å². The highest BCUT2D eigenvalue weighted by atomic mass is 32.2. The number of fused-ring (bicyclic) bond motifs is 1. The van der Waals surface area contributed by atoms with Crippen molar-refractivity contribution in [3.05, 3.63) is 23.3 Å². The van der Waals surface area contributed by atoms with Gasteiger partial charge in [0.25, 0.3) is 9.84 Å². The summed E-state index contributed by atoms with van der Waals surface area (Å²) in [5.74, 6) is 0.135. The fraction of sp³-hybridized carbons (Fsp3) is 0.625. The van der Waals surface area contributed by atoms with Gasteiger partial charge in [0.1, 0.15) is 18.0 Å². The summed E-state index contributed by atoms with van der Waals surface area (Å²) in [6.45, 7) is 4.08. The zero-order valence-corrected chi connectivity index (χ0v) is 14.4. The van der Waals surface area contributed by atoms with Crippen LogP contribution in [-0.2, 0) is 16.3 Å². The van der Waals surface area contributed by atoms with Crippen molar-refractivity contribution < 1.29 is 35.8 Å². The highest BCUT2D eigenvalue weighted by molar-refractivity contribution is 7.92. The first-order chi connectivity index (χ1) is 11.3. The third kappa shape index (κ3) is 3.01. The topological polar surface area (TPSA) is 63.6 Å². The number of hydrogen-bond donors (Lipinski definition) is 1. The monoisotopic (exact) mass is 382 g/mol. The van der Waals surface area contributed by atoms with Crippen LogP contribution in [0.5, 0.6) is 5.75 Å². The van der Waals surface area contributed by atoms with E-state index in [1.165, 1.54) is 0 Å². The van der Waals surface area contributed by atoms with Gasteiger partial charge in [-0.1, -0.05) is 13.8 Å². The molecular formula is C16H18F4O4S. The Hall–Kier alpha value is -1.35. The van der Waals surface area contributed by atoms with Crippen LogP contribution in [0.25, 0.3) is 0 Å². The van der Waals surface area contributed by atoms with Gasteiger partial charge in [-0.15, -0.1) is 0 Å². The Morgan fingerprint density at radius 2 is 1.84 bits per heavy atom. The molecule has 0 amide bonds. The van der Waals surface area contributed by atoms with Crippen molar-refractivity contribution in [2.45, 2.75) is 61.9 Å². The summed E-state index contributed by atoms with van der Waals surface area (Å²) in [6.07, 6.45) is -2.90. The average molecular weight is 382 g/mol. The largest absolute Gasteiger partial charge is 0.501 e. The van der Waals surface area contributed by atoms with Crippen LogP contribution < -0.4 is 4.74 Å². The molecule has 0 saturated heterocycles. The summed E-state index contributed by atoms with van der Waals surface area (Å²) in [4.78, 5) is -1.11. The molecule has 1 saturated carbocycles. The number of hydrogen-bond acceptors (Lipinski definition) is 4. The second kappa shape index (κ2) is 5.57. The van der Waals surface area contributed by atoms with Crippen molar-refractivity contribution in [3.8, 4) is 5.75 Å². The minimum absolute atomic E-state index is 0.00460. The number of alkyl halides is 4. The number of benzene rings is 1. The van der Waals surface area contributed by atoms with Crippen LogP contribution in [0.4, 0.5) is 17.6 Å². The maximum atomic E-state index is 13.9. The molecule has 1 N–H and O–H groups in total. The molecule has 2 aliphatic carbocycles. The molecule has 0 spiro atoms. The molecule has 140 valence electrons. The standard InChI is InChI=1S/C16H18F4O4S/c1-15(2)6-8(7-15)24-11-3-4-12(25(22,23)16(18,19)20)13-9(11)5-10(17)14(13)21/h3-4,8,10,14,21H,5-7H2,1-2H3/t10-,14+/m0/s1. The van der Waals surface area contributed by atoms with Gasteiger partial charge in [-0.25, -0.2) is 12.8 Å². The fourth-order valence-electron chi connectivity index (χ4n) is 3.55. The molecule has 4 nitrogen and oxygen atoms in total. The molecule has 0 bridgehead atoms. The number of ether oxygens (including phenoxy) is 1. The molecule has 1 aromatic carbocycles. The molecule has 9 heteroatoms. The third-order valence-electron chi connectivity index (χ3n) is 4.76. The van der Waals surface area contributed by atoms with Gasteiger partial charge in [-0.05, 0) is 30.4 Å². The fourth-order valence-corrected chi connectivity index (χ4v) is 4.58. The Balaban J connectivity index is 2.03. The molecule has 0 aliphatic heterocycles. The second-order valence-electron chi connectivity index (χ2n) is 7.38. The Morgan fingerprint density at radius 3 is 2.36 bits per heavy atom. The smallest absolute Gasteiger partial charge is 0.490 e. The number of halogens is 4. The summed E-state index contributed by atoms with van der Waals surface area (Å²) in [6, 6.07) is 1.86. The van der Waals surface area contributed by atoms with Gasteiger partial charge in [0.05, 0.1) is 11.0 Å². The number of rotatable bonds is 3. The normalized spacial score (nSPS) is 26.2. The summed E-state index contributed by atoms with van der Waals surface area (Å²) >= 11 is 0. The van der Waals surface area contributed by atoms with Crippen molar-refractivity contribution in [2.24, 2.45) is 5.41 Å². The van der Waals surface area contributed by atoms with Gasteiger partial charge in [0, 0.05) is 17.5 Å². The third-order valence-corrected chi connectivity index (χ3v) is 6.30. The molecule has 2 aliphatic rings. The van der Waals surface area contributed by atoms with Crippen LogP contribution in [0.1, 0.15) is 43.9 Å². The minimum atomic E-state index is -5.70. The average Bonchev–Trinajstić information content (AvgIpc) is 2.72. The lowest BCUT2D eigenvalue weighted by molar-refractivity contribution is -0.0437. The van der Waals surface area contributed by atoms with E-state index >= 15 is 0 Å². The van der Waals surface area contributed by atoms with Crippen LogP contribution >= 0.6 is 0 Å². The molecule has 0 radical (unpaired) electrons. The summed E-state index contributed by atoms with van der Waals surface area (Å²) in [7, 11) is -5.70. The van der Waals surface area contributed by atoms with Gasteiger partial charge in [0.15, 0.2) is 0 Å². The first-order valence-electron chi connectivity index (χ1n) is 7.79. The van der Waals surface area contributed by atoms with Gasteiger partial charge in [-0.3, -0.25) is 0 Å². The lowest BCUT2D eigenvalue weighted by Crippen LogP contribution is -2.40. The molecule has 1 aromatic rings. The highest BCUT2D eigenvalue weighted by Crippen LogP contribution is 2.47. The first kappa shape index (κ1) is 18.4. The number of aliphatic hydroxyl groups is 1. The van der Waals surface area contributed by atoms with Crippen LogP contribution in [0.15, 0.2) is 17.0 Å². The minimum Gasteiger partial charge on any atom is -0.490 e. The van der Waals surface area contributed by atoms with Crippen LogP contribution in [0, 0.1) is 5.41 Å². The molecule has 0 aromatic heterocycles. The molecular weight excluding hydrogens is 364 g/mol. The van der Waals surface area contributed by atoms with Crippen LogP contribution in [-0.4, -0.2) is 31.3 Å². The maximum absolute atomic E-state index is 13.9. The van der Waals surface area contributed by atoms with Crippen molar-refractivity contribution in [1.29, 1.82) is 0 Å². The van der Waals surface area contributed by atoms with E-state index in [4.69, 9.17) is 4.74 Å². The Labute approximate surface area is 142 Å². The van der Waals surface area contributed by atoms with E-state index in [0.717, 1.165) is 25.0 Å². The van der Waals surface area contributed by atoms with E-state index in [1.807, 2.05) is 13.8 Å². The zero-order valence-electron chi connectivity index (χ0n) is 13.6. The lowest BCUT2D eigenvalue weighted by atomic mass is 9.70. The quantitative estimate of drug-likeness (QED) is 0.813. The Bertz CT molecular complexity index is 793. The van der Waals surface area contributed by atoms with Gasteiger partial charge < -0.3 is 9.84 Å². The van der Waals surface area contributed by atoms with Gasteiger partial charge >= 0.3 is 5.51 Å². The molecule has 1 fully saturated rings. The van der Waals surface area contributed by atoms with E-state index in [1.54, 1.807) is 0 Å². The van der Waals surface area contributed by atoms with E-state index in [0.29, 0.717) is 0 Å². The van der Waals surface area contributed by atoms with Crippen molar-refractivity contribution in [3.63, 3.8) is 0 Å². The van der Waals surface area contributed by atoms with E-state index in [2.05, 4.69) is 0 Å². The van der Waals surface area contributed by atoms with Crippen LogP contribution in [0.2, 0.25) is 0 Å². The predicted molar refractivity (Wildman–Crippen MR) is 80.7 cm³/mol. The van der Waals surface area contributed by atoms with Crippen molar-refractivity contribution >= 4 is 9.84 Å². The molecule has 2 atom stereocenters. The molecule has 3 rings (SSSR count). The van der Waals surface area contributed by atoms with Crippen molar-refractivity contribution in [2.75, 3.05) is 0 Å². The zero-order chi connectivity index (χ0) is 18.8. The number of sulfone groups is 1. The Kier molecular flexibility index (Phi) is 4.11. The highest BCUT2D eigenvalue weighted by Gasteiger charge is 2.51. The van der Waals surface area contributed by atoms with Gasteiger partial charge in [-0.2, -0.15) is 13.2 Å². The lowest BCUT2D eigenvalue weighted by Gasteiger charge is -2.42. The Morgan fingerprint density at radius 1 is 1.24 bits per heavy atom. The molecule has 0 heterocycles. The molecule has 0 unspecified atom stereocenters. The molecule has 25 heavy (non-hydrogen) atoms. The second-order valence-corrected chi connectivity index (χ2v) is 9.29. The van der Waals surface area contributed by atoms with E-state index in [9.17, 15) is 31.1 Å². The maximum Gasteiger partial charge on any atom is 0.501 e. The number of aliphatic hydroxyl groups excluding tert-OH is 1. The van der Waals surface area contributed by atoms with Crippen molar-refractivity contribution in [1.82, 2.24) is 0 Å². The predicted octanol–water partition coefficient (Wildman–Crippen LogP) is 3.48. The van der Waals surface area contributed by atoms with Gasteiger partial charge in [0.2, 0.25) is 0 Å².